The van der Waals surface area contributed by atoms with Crippen LogP contribution in [0.5, 0.6) is 0 Å². The number of carbonyl (C=O) groups is 3. The first-order valence-electron chi connectivity index (χ1n) is 10.5. The topological polar surface area (TPSA) is 87.7 Å². The summed E-state index contributed by atoms with van der Waals surface area (Å²) in [5, 5.41) is 5.46. The van der Waals surface area contributed by atoms with Gasteiger partial charge in [-0.05, 0) is 38.3 Å². The Balaban J connectivity index is 1.44. The lowest BCUT2D eigenvalue weighted by molar-refractivity contribution is -0.134. The predicted octanol–water partition coefficient (Wildman–Crippen LogP) is 3.05. The van der Waals surface area contributed by atoms with Gasteiger partial charge in [0.15, 0.2) is 0 Å². The molecule has 2 N–H and O–H groups in total. The summed E-state index contributed by atoms with van der Waals surface area (Å²) in [7, 11) is 0. The maximum absolute atomic E-state index is 12.9. The summed E-state index contributed by atoms with van der Waals surface area (Å²) in [5.41, 5.74) is 1.67. The molecule has 0 aliphatic carbocycles. The van der Waals surface area contributed by atoms with Crippen molar-refractivity contribution in [1.82, 2.24) is 15.5 Å². The Morgan fingerprint density at radius 1 is 1.13 bits per heavy atom. The largest absolute Gasteiger partial charge is 0.374 e. The number of aryl methyl sites for hydroxylation is 1. The Kier molecular flexibility index (Phi) is 7.07. The molecule has 2 atom stereocenters. The number of rotatable bonds is 9. The fourth-order valence-corrected chi connectivity index (χ4v) is 3.50. The van der Waals surface area contributed by atoms with Gasteiger partial charge in [-0.25, -0.2) is 4.79 Å². The average Bonchev–Trinajstić information content (AvgIpc) is 2.98. The third-order valence-corrected chi connectivity index (χ3v) is 5.49. The van der Waals surface area contributed by atoms with Gasteiger partial charge in [0.05, 0.1) is 6.10 Å². The molecule has 0 radical (unpaired) electrons. The molecule has 164 valence electrons. The van der Waals surface area contributed by atoms with E-state index in [9.17, 15) is 14.4 Å². The lowest BCUT2D eigenvalue weighted by Crippen LogP contribution is -2.43. The first-order valence-corrected chi connectivity index (χ1v) is 10.5. The van der Waals surface area contributed by atoms with E-state index in [-0.39, 0.29) is 18.6 Å². The summed E-state index contributed by atoms with van der Waals surface area (Å²) < 4.78 is 5.78. The number of hydrogen-bond donors (Lipinski definition) is 2. The molecule has 1 heterocycles. The maximum atomic E-state index is 12.9. The lowest BCUT2D eigenvalue weighted by Gasteiger charge is -2.22. The Morgan fingerprint density at radius 3 is 2.48 bits per heavy atom. The van der Waals surface area contributed by atoms with Crippen molar-refractivity contribution in [3.05, 3.63) is 71.3 Å². The van der Waals surface area contributed by atoms with Crippen molar-refractivity contribution in [3.63, 3.8) is 0 Å². The van der Waals surface area contributed by atoms with Crippen molar-refractivity contribution in [2.24, 2.45) is 0 Å². The normalized spacial score (nSPS) is 19.3. The van der Waals surface area contributed by atoms with Crippen molar-refractivity contribution in [3.8, 4) is 0 Å². The molecule has 0 aromatic heterocycles. The van der Waals surface area contributed by atoms with E-state index in [4.69, 9.17) is 4.74 Å². The highest BCUT2D eigenvalue weighted by Gasteiger charge is 2.49. The third kappa shape index (κ3) is 5.30. The van der Waals surface area contributed by atoms with E-state index in [1.54, 1.807) is 6.92 Å². The molecule has 31 heavy (non-hydrogen) atoms. The smallest absolute Gasteiger partial charge is 0.325 e. The number of ether oxygens (including phenoxy) is 1. The predicted molar refractivity (Wildman–Crippen MR) is 117 cm³/mol. The van der Waals surface area contributed by atoms with Crippen molar-refractivity contribution in [2.75, 3.05) is 19.7 Å². The first kappa shape index (κ1) is 22.5. The van der Waals surface area contributed by atoms with Crippen LogP contribution in [0.15, 0.2) is 54.6 Å². The molecule has 0 bridgehead atoms. The number of urea groups is 1. The zero-order chi connectivity index (χ0) is 22.4. The SMILES string of the molecule is Cc1ccc(C2(C)NC(=O)N(CC(=O)NCCCOC(C)c3ccccc3)C2=O)cc1. The van der Waals surface area contributed by atoms with Crippen molar-refractivity contribution >= 4 is 17.8 Å². The molecule has 7 heteroatoms. The minimum absolute atomic E-state index is 0.0257. The summed E-state index contributed by atoms with van der Waals surface area (Å²) in [4.78, 5) is 38.5. The third-order valence-electron chi connectivity index (χ3n) is 5.49. The van der Waals surface area contributed by atoms with Gasteiger partial charge >= 0.3 is 6.03 Å². The molecule has 0 saturated carbocycles. The number of nitrogens with zero attached hydrogens (tertiary/aromatic N) is 1. The number of benzene rings is 2. The second-order valence-corrected chi connectivity index (χ2v) is 7.94. The van der Waals surface area contributed by atoms with Gasteiger partial charge in [0.25, 0.3) is 5.91 Å². The van der Waals surface area contributed by atoms with Crippen LogP contribution in [0.1, 0.15) is 43.1 Å². The Morgan fingerprint density at radius 2 is 1.81 bits per heavy atom. The first-order chi connectivity index (χ1) is 14.8. The maximum Gasteiger partial charge on any atom is 0.325 e. The van der Waals surface area contributed by atoms with Crippen LogP contribution in [-0.2, 0) is 19.9 Å². The Bertz CT molecular complexity index is 930. The standard InChI is InChI=1S/C24H29N3O4/c1-17-10-12-20(13-11-17)24(3)22(29)27(23(30)26-24)16-21(28)25-14-7-15-31-18(2)19-8-5-4-6-9-19/h4-6,8-13,18H,7,14-16H2,1-3H3,(H,25,28)(H,26,30). The van der Waals surface area contributed by atoms with Crippen LogP contribution in [0.4, 0.5) is 4.79 Å². The van der Waals surface area contributed by atoms with E-state index < -0.39 is 17.5 Å². The summed E-state index contributed by atoms with van der Waals surface area (Å²) >= 11 is 0. The molecular weight excluding hydrogens is 394 g/mol. The molecule has 2 aromatic carbocycles. The molecule has 0 spiro atoms. The van der Waals surface area contributed by atoms with Crippen molar-refractivity contribution < 1.29 is 19.1 Å². The molecule has 2 unspecified atom stereocenters. The van der Waals surface area contributed by atoms with Crippen LogP contribution in [0.25, 0.3) is 0 Å². The molecular formula is C24H29N3O4. The average molecular weight is 424 g/mol. The number of nitrogens with one attached hydrogen (secondary N) is 2. The highest BCUT2D eigenvalue weighted by Crippen LogP contribution is 2.28. The second kappa shape index (κ2) is 9.75. The fraction of sp³-hybridized carbons (Fsp3) is 0.375. The number of amides is 4. The minimum atomic E-state index is -1.17. The molecule has 1 saturated heterocycles. The van der Waals surface area contributed by atoms with Crippen LogP contribution in [0.3, 0.4) is 0 Å². The van der Waals surface area contributed by atoms with Gasteiger partial charge in [0, 0.05) is 13.2 Å². The van der Waals surface area contributed by atoms with E-state index in [1.165, 1.54) is 0 Å². The number of carbonyl (C=O) groups excluding carboxylic acids is 3. The van der Waals surface area contributed by atoms with Crippen LogP contribution >= 0.6 is 0 Å². The van der Waals surface area contributed by atoms with Gasteiger partial charge in [0.1, 0.15) is 12.1 Å². The summed E-state index contributed by atoms with van der Waals surface area (Å²) in [5.74, 6) is -0.815. The van der Waals surface area contributed by atoms with Gasteiger partial charge in [-0.1, -0.05) is 60.2 Å². The molecule has 1 fully saturated rings. The summed E-state index contributed by atoms with van der Waals surface area (Å²) in [6.07, 6.45) is 0.603. The molecule has 7 nitrogen and oxygen atoms in total. The van der Waals surface area contributed by atoms with Crippen LogP contribution in [0, 0.1) is 6.92 Å². The van der Waals surface area contributed by atoms with Gasteiger partial charge < -0.3 is 15.4 Å². The highest BCUT2D eigenvalue weighted by molar-refractivity contribution is 6.09. The molecule has 4 amide bonds. The van der Waals surface area contributed by atoms with Gasteiger partial charge in [-0.3, -0.25) is 14.5 Å². The Hall–Kier alpha value is -3.19. The highest BCUT2D eigenvalue weighted by atomic mass is 16.5. The fourth-order valence-electron chi connectivity index (χ4n) is 3.50. The summed E-state index contributed by atoms with van der Waals surface area (Å²) in [6.45, 7) is 6.17. The molecule has 3 rings (SSSR count). The number of imide groups is 1. The molecule has 1 aliphatic rings. The van der Waals surface area contributed by atoms with E-state index in [0.717, 1.165) is 16.0 Å². The second-order valence-electron chi connectivity index (χ2n) is 7.94. The van der Waals surface area contributed by atoms with E-state index in [1.807, 2.05) is 68.4 Å². The van der Waals surface area contributed by atoms with E-state index in [0.29, 0.717) is 25.1 Å². The molecule has 2 aromatic rings. The zero-order valence-corrected chi connectivity index (χ0v) is 18.2. The zero-order valence-electron chi connectivity index (χ0n) is 18.2. The van der Waals surface area contributed by atoms with Crippen molar-refractivity contribution in [2.45, 2.75) is 38.8 Å². The van der Waals surface area contributed by atoms with Gasteiger partial charge in [-0.15, -0.1) is 0 Å². The van der Waals surface area contributed by atoms with Crippen LogP contribution in [0.2, 0.25) is 0 Å². The monoisotopic (exact) mass is 423 g/mol. The van der Waals surface area contributed by atoms with E-state index >= 15 is 0 Å². The van der Waals surface area contributed by atoms with Crippen molar-refractivity contribution in [1.29, 1.82) is 0 Å². The van der Waals surface area contributed by atoms with Gasteiger partial charge in [0.2, 0.25) is 5.91 Å². The lowest BCUT2D eigenvalue weighted by atomic mass is 9.91. The van der Waals surface area contributed by atoms with E-state index in [2.05, 4.69) is 10.6 Å². The Labute approximate surface area is 182 Å². The quantitative estimate of drug-likeness (QED) is 0.479. The minimum Gasteiger partial charge on any atom is -0.374 e. The van der Waals surface area contributed by atoms with Gasteiger partial charge in [-0.2, -0.15) is 0 Å². The number of hydrogen-bond acceptors (Lipinski definition) is 4. The van der Waals surface area contributed by atoms with Crippen LogP contribution < -0.4 is 10.6 Å². The van der Waals surface area contributed by atoms with Crippen LogP contribution in [-0.4, -0.2) is 42.4 Å². The summed E-state index contributed by atoms with van der Waals surface area (Å²) in [6, 6.07) is 16.7. The molecule has 1 aliphatic heterocycles.